The summed E-state index contributed by atoms with van der Waals surface area (Å²) in [5, 5.41) is 26.9. The molecule has 0 amide bonds. The van der Waals surface area contributed by atoms with Crippen molar-refractivity contribution in [2.45, 2.75) is 10.5 Å². The number of carbonyl (C=O) groups is 1. The Morgan fingerprint density at radius 1 is 1.15 bits per heavy atom. The highest BCUT2D eigenvalue weighted by Gasteiger charge is 2.45. The van der Waals surface area contributed by atoms with Crippen LogP contribution in [0.15, 0.2) is 106 Å². The molecule has 10 nitrogen and oxygen atoms in total. The van der Waals surface area contributed by atoms with Gasteiger partial charge >= 0.3 is 5.97 Å². The molecule has 0 bridgehead atoms. The normalized spacial score (nSPS) is 17.8. The predicted molar refractivity (Wildman–Crippen MR) is 147 cm³/mol. The van der Waals surface area contributed by atoms with Crippen molar-refractivity contribution in [3.8, 4) is 5.75 Å². The number of aliphatic hydroxyl groups is 1. The monoisotopic (exact) mass is 568 g/mol. The third-order valence-electron chi connectivity index (χ3n) is 5.76. The highest BCUT2D eigenvalue weighted by Crippen LogP contribution is 2.33. The summed E-state index contributed by atoms with van der Waals surface area (Å²) in [5.41, 5.74) is -0.0987. The third-order valence-corrected chi connectivity index (χ3v) is 7.34. The number of ether oxygens (including phenoxy) is 1. The predicted octanol–water partition coefficient (Wildman–Crippen LogP) is 3.23. The van der Waals surface area contributed by atoms with Crippen molar-refractivity contribution in [3.05, 3.63) is 107 Å². The fraction of sp³-hybridized carbons (Fsp3) is 0.148. The van der Waals surface area contributed by atoms with Crippen molar-refractivity contribution in [2.75, 3.05) is 20.2 Å². The first-order chi connectivity index (χ1) is 18.6. The molecule has 0 fully saturated rings. The van der Waals surface area contributed by atoms with E-state index >= 15 is 0 Å². The van der Waals surface area contributed by atoms with E-state index in [1.807, 2.05) is 6.07 Å². The summed E-state index contributed by atoms with van der Waals surface area (Å²) in [7, 11) is -2.74. The van der Waals surface area contributed by atoms with Crippen molar-refractivity contribution in [2.24, 2.45) is 10.1 Å². The van der Waals surface area contributed by atoms with Gasteiger partial charge in [0.15, 0.2) is 5.60 Å². The number of halogens is 1. The lowest BCUT2D eigenvalue weighted by Crippen LogP contribution is -2.45. The number of carboxylic acid groups (broad SMARTS) is 1. The molecule has 1 aliphatic heterocycles. The van der Waals surface area contributed by atoms with Gasteiger partial charge in [0.05, 0.1) is 11.4 Å². The number of carboxylic acids is 1. The minimum Gasteiger partial charge on any atom is -0.489 e. The summed E-state index contributed by atoms with van der Waals surface area (Å²) in [5.74, 6) is -0.997. The van der Waals surface area contributed by atoms with Crippen LogP contribution in [0.3, 0.4) is 0 Å². The van der Waals surface area contributed by atoms with E-state index in [4.69, 9.17) is 21.4 Å². The maximum Gasteiger partial charge on any atom is 0.328 e. The summed E-state index contributed by atoms with van der Waals surface area (Å²) in [6.45, 7) is -0.165. The Kier molecular flexibility index (Phi) is 8.34. The van der Waals surface area contributed by atoms with Crippen LogP contribution in [-0.4, -0.2) is 61.5 Å². The molecule has 1 atom stereocenters. The minimum absolute atomic E-state index is 0.0566. The first kappa shape index (κ1) is 27.8. The van der Waals surface area contributed by atoms with E-state index in [-0.39, 0.29) is 29.8 Å². The lowest BCUT2D eigenvalue weighted by Gasteiger charge is -2.26. The summed E-state index contributed by atoms with van der Waals surface area (Å²) < 4.78 is 34.4. The number of nitrogens with one attached hydrogen (secondary N) is 1. The zero-order valence-corrected chi connectivity index (χ0v) is 22.3. The van der Waals surface area contributed by atoms with E-state index < -0.39 is 21.6 Å². The number of β-amino-alcohol motifs (C(OH)–C–C–N with tert-alkyl or cyclic N) is 1. The molecule has 1 aliphatic rings. The van der Waals surface area contributed by atoms with Gasteiger partial charge in [0.2, 0.25) is 5.96 Å². The number of hydrogen-bond acceptors (Lipinski definition) is 7. The number of hydrazone groups is 1. The van der Waals surface area contributed by atoms with Crippen molar-refractivity contribution < 1.29 is 28.2 Å². The Labute approximate surface area is 230 Å². The van der Waals surface area contributed by atoms with E-state index in [1.54, 1.807) is 54.6 Å². The molecule has 202 valence electrons. The number of nitrogens with zero attached hydrogens (tertiary/aromatic N) is 3. The van der Waals surface area contributed by atoms with Gasteiger partial charge in [-0.05, 0) is 35.9 Å². The van der Waals surface area contributed by atoms with Gasteiger partial charge in [0.25, 0.3) is 10.0 Å². The third kappa shape index (κ3) is 6.45. The summed E-state index contributed by atoms with van der Waals surface area (Å²) in [4.78, 5) is 14.6. The lowest BCUT2D eigenvalue weighted by atomic mass is 9.86. The Morgan fingerprint density at radius 2 is 1.87 bits per heavy atom. The van der Waals surface area contributed by atoms with E-state index in [0.717, 1.165) is 6.08 Å². The second-order valence-electron chi connectivity index (χ2n) is 8.42. The van der Waals surface area contributed by atoms with Crippen molar-refractivity contribution in [1.29, 1.82) is 0 Å². The van der Waals surface area contributed by atoms with Crippen molar-refractivity contribution >= 4 is 39.3 Å². The Bertz CT molecular complexity index is 1540. The van der Waals surface area contributed by atoms with Crippen LogP contribution < -0.4 is 9.46 Å². The molecule has 0 aromatic heterocycles. The van der Waals surface area contributed by atoms with Gasteiger partial charge in [-0.15, -0.1) is 0 Å². The van der Waals surface area contributed by atoms with Gasteiger partial charge in [-0.3, -0.25) is 4.99 Å². The number of rotatable bonds is 8. The maximum absolute atomic E-state index is 13.3. The summed E-state index contributed by atoms with van der Waals surface area (Å²) >= 11 is 6.05. The first-order valence-electron chi connectivity index (χ1n) is 11.6. The molecule has 0 aliphatic carbocycles. The molecule has 3 N–H and O–H groups in total. The van der Waals surface area contributed by atoms with Crippen LogP contribution in [0.4, 0.5) is 0 Å². The Morgan fingerprint density at radius 3 is 2.54 bits per heavy atom. The SMILES string of the molecule is CN=C(NS(=O)(=O)c1cccc(OC/C=C/C(=O)O)c1)N1CC(O)(c2ccccc2)C(c2ccc(Cl)cc2)=N1. The van der Waals surface area contributed by atoms with Gasteiger partial charge in [-0.1, -0.05) is 60.1 Å². The molecule has 0 spiro atoms. The zero-order chi connectivity index (χ0) is 28.0. The van der Waals surface area contributed by atoms with E-state index in [0.29, 0.717) is 21.9 Å². The Balaban J connectivity index is 1.61. The van der Waals surface area contributed by atoms with E-state index in [1.165, 1.54) is 36.3 Å². The molecule has 3 aromatic carbocycles. The highest BCUT2D eigenvalue weighted by atomic mass is 35.5. The zero-order valence-electron chi connectivity index (χ0n) is 20.7. The second-order valence-corrected chi connectivity index (χ2v) is 10.5. The average molecular weight is 569 g/mol. The molecule has 1 heterocycles. The molecule has 0 radical (unpaired) electrons. The number of hydrogen-bond donors (Lipinski definition) is 3. The van der Waals surface area contributed by atoms with Gasteiger partial charge in [0.1, 0.15) is 18.1 Å². The van der Waals surface area contributed by atoms with Gasteiger partial charge in [-0.25, -0.2) is 22.9 Å². The molecule has 3 aromatic rings. The summed E-state index contributed by atoms with van der Waals surface area (Å²) in [6, 6.07) is 21.5. The van der Waals surface area contributed by atoms with Crippen LogP contribution in [0.1, 0.15) is 11.1 Å². The second kappa shape index (κ2) is 11.7. The van der Waals surface area contributed by atoms with Crippen LogP contribution in [0.2, 0.25) is 5.02 Å². The molecule has 4 rings (SSSR count). The first-order valence-corrected chi connectivity index (χ1v) is 13.5. The molecule has 12 heteroatoms. The highest BCUT2D eigenvalue weighted by molar-refractivity contribution is 7.90. The number of guanidine groups is 1. The molecular weight excluding hydrogens is 544 g/mol. The van der Waals surface area contributed by atoms with Crippen LogP contribution in [0, 0.1) is 0 Å². The van der Waals surface area contributed by atoms with Crippen molar-refractivity contribution in [3.63, 3.8) is 0 Å². The van der Waals surface area contributed by atoms with Gasteiger partial charge < -0.3 is 14.9 Å². The van der Waals surface area contributed by atoms with Gasteiger partial charge in [-0.2, -0.15) is 5.10 Å². The topological polar surface area (TPSA) is 141 Å². The minimum atomic E-state index is -4.15. The number of sulfonamides is 1. The molecule has 39 heavy (non-hydrogen) atoms. The Hall–Kier alpha value is -4.19. The smallest absolute Gasteiger partial charge is 0.328 e. The number of benzene rings is 3. The summed E-state index contributed by atoms with van der Waals surface area (Å²) in [6.07, 6.45) is 2.22. The van der Waals surface area contributed by atoms with Crippen LogP contribution in [0.25, 0.3) is 0 Å². The van der Waals surface area contributed by atoms with E-state index in [9.17, 15) is 18.3 Å². The fourth-order valence-corrected chi connectivity index (χ4v) is 5.13. The van der Waals surface area contributed by atoms with Gasteiger partial charge in [0, 0.05) is 29.8 Å². The average Bonchev–Trinajstić information content (AvgIpc) is 3.29. The molecular formula is C27H25ClN4O6S. The fourth-order valence-electron chi connectivity index (χ4n) is 3.92. The van der Waals surface area contributed by atoms with Crippen molar-refractivity contribution in [1.82, 2.24) is 9.73 Å². The molecule has 0 saturated carbocycles. The van der Waals surface area contributed by atoms with Crippen LogP contribution in [0.5, 0.6) is 5.75 Å². The lowest BCUT2D eigenvalue weighted by molar-refractivity contribution is -0.131. The molecule has 0 saturated heterocycles. The maximum atomic E-state index is 13.3. The quantitative estimate of drug-likeness (QED) is 0.215. The number of aliphatic imine (C=N–C) groups is 1. The van der Waals surface area contributed by atoms with E-state index in [2.05, 4.69) is 14.8 Å². The van der Waals surface area contributed by atoms with Crippen LogP contribution in [-0.2, 0) is 20.4 Å². The number of aliphatic carboxylic acids is 1. The standard InChI is InChI=1S/C27H25ClN4O6S/c1-29-26(31-39(36,37)23-10-5-9-22(17-23)38-16-6-11-24(33)34)32-18-27(35,20-7-3-2-4-8-20)25(30-32)19-12-14-21(28)15-13-19/h2-15,17,35H,16,18H2,1H3,(H,29,31)(H,33,34)/b11-6+. The molecule has 1 unspecified atom stereocenters. The van der Waals surface area contributed by atoms with Crippen LogP contribution >= 0.6 is 11.6 Å². The largest absolute Gasteiger partial charge is 0.489 e.